The Morgan fingerprint density at radius 1 is 1.00 bits per heavy atom. The zero-order valence-corrected chi connectivity index (χ0v) is 16.7. The van der Waals surface area contributed by atoms with Crippen molar-refractivity contribution in [1.29, 1.82) is 0 Å². The summed E-state index contributed by atoms with van der Waals surface area (Å²) in [5, 5.41) is 12.0. The van der Waals surface area contributed by atoms with Crippen LogP contribution in [0.25, 0.3) is 0 Å². The normalized spacial score (nSPS) is 16.5. The third kappa shape index (κ3) is 5.31. The van der Waals surface area contributed by atoms with Crippen molar-refractivity contribution >= 4 is 12.4 Å². The van der Waals surface area contributed by atoms with Crippen LogP contribution in [0, 0.1) is 5.92 Å². The second-order valence-corrected chi connectivity index (χ2v) is 6.77. The van der Waals surface area contributed by atoms with Gasteiger partial charge in [-0.2, -0.15) is 0 Å². The summed E-state index contributed by atoms with van der Waals surface area (Å²) in [4.78, 5) is 2.37. The Morgan fingerprint density at radius 2 is 1.52 bits per heavy atom. The molecule has 0 aliphatic carbocycles. The molecule has 1 saturated heterocycles. The number of hydrogen-bond donors (Lipinski definition) is 1. The van der Waals surface area contributed by atoms with Gasteiger partial charge in [0.25, 0.3) is 0 Å². The summed E-state index contributed by atoms with van der Waals surface area (Å²) in [6, 6.07) is 19.9. The van der Waals surface area contributed by atoms with E-state index < -0.39 is 5.60 Å². The summed E-state index contributed by atoms with van der Waals surface area (Å²) in [6.45, 7) is 7.18. The fourth-order valence-electron chi connectivity index (χ4n) is 3.68. The van der Waals surface area contributed by atoms with Crippen LogP contribution in [0.15, 0.2) is 60.7 Å². The molecule has 3 rings (SSSR count). The summed E-state index contributed by atoms with van der Waals surface area (Å²) < 4.78 is 11.3. The van der Waals surface area contributed by atoms with Crippen molar-refractivity contribution in [3.63, 3.8) is 0 Å². The maximum atomic E-state index is 12.0. The van der Waals surface area contributed by atoms with E-state index in [1.807, 2.05) is 67.6 Å². The quantitative estimate of drug-likeness (QED) is 0.749. The van der Waals surface area contributed by atoms with Crippen molar-refractivity contribution in [2.75, 3.05) is 46.1 Å². The van der Waals surface area contributed by atoms with E-state index in [0.717, 1.165) is 44.0 Å². The minimum Gasteiger partial charge on any atom is -0.381 e. The van der Waals surface area contributed by atoms with Gasteiger partial charge in [-0.15, -0.1) is 12.4 Å². The highest BCUT2D eigenvalue weighted by Gasteiger charge is 2.41. The fraction of sp³-hybridized carbons (Fsp3) is 0.455. The van der Waals surface area contributed by atoms with Crippen LogP contribution < -0.4 is 0 Å². The van der Waals surface area contributed by atoms with Crippen LogP contribution in [-0.4, -0.2) is 56.1 Å². The van der Waals surface area contributed by atoms with Gasteiger partial charge in [-0.1, -0.05) is 60.7 Å². The number of rotatable bonds is 8. The molecule has 1 unspecified atom stereocenters. The summed E-state index contributed by atoms with van der Waals surface area (Å²) in [5.74, 6) is -0.0784. The molecule has 1 heterocycles. The lowest BCUT2D eigenvalue weighted by Gasteiger charge is -2.40. The Balaban J connectivity index is 0.00000261. The molecule has 1 aliphatic rings. The van der Waals surface area contributed by atoms with E-state index in [4.69, 9.17) is 9.47 Å². The first-order valence-electron chi connectivity index (χ1n) is 9.46. The molecule has 0 saturated carbocycles. The van der Waals surface area contributed by atoms with E-state index in [9.17, 15) is 5.11 Å². The summed E-state index contributed by atoms with van der Waals surface area (Å²) in [7, 11) is 0. The van der Waals surface area contributed by atoms with Gasteiger partial charge in [-0.3, -0.25) is 4.90 Å². The van der Waals surface area contributed by atoms with E-state index in [2.05, 4.69) is 4.90 Å². The van der Waals surface area contributed by atoms with E-state index in [1.165, 1.54) is 0 Å². The first-order chi connectivity index (χ1) is 12.7. The predicted molar refractivity (Wildman–Crippen MR) is 110 cm³/mol. The number of halogens is 1. The molecule has 4 nitrogen and oxygen atoms in total. The van der Waals surface area contributed by atoms with Crippen LogP contribution >= 0.6 is 12.4 Å². The van der Waals surface area contributed by atoms with Gasteiger partial charge in [-0.05, 0) is 18.1 Å². The van der Waals surface area contributed by atoms with Crippen LogP contribution in [0.3, 0.4) is 0 Å². The average Bonchev–Trinajstić information content (AvgIpc) is 2.72. The molecule has 27 heavy (non-hydrogen) atoms. The second kappa shape index (κ2) is 10.8. The molecule has 0 radical (unpaired) electrons. The molecule has 2 aromatic rings. The van der Waals surface area contributed by atoms with E-state index in [0.29, 0.717) is 13.2 Å². The molecule has 0 aromatic heterocycles. The highest BCUT2D eigenvalue weighted by Crippen LogP contribution is 2.37. The molecule has 0 spiro atoms. The van der Waals surface area contributed by atoms with E-state index >= 15 is 0 Å². The lowest BCUT2D eigenvalue weighted by atomic mass is 9.76. The smallest absolute Gasteiger partial charge is 0.121 e. The van der Waals surface area contributed by atoms with E-state index in [-0.39, 0.29) is 18.3 Å². The molecule has 0 bridgehead atoms. The van der Waals surface area contributed by atoms with Crippen LogP contribution in [0.4, 0.5) is 0 Å². The predicted octanol–water partition coefficient (Wildman–Crippen LogP) is 3.33. The molecule has 1 N–H and O–H groups in total. The molecule has 2 aromatic carbocycles. The molecule has 1 atom stereocenters. The van der Waals surface area contributed by atoms with Gasteiger partial charge in [0.1, 0.15) is 5.60 Å². The fourth-order valence-corrected chi connectivity index (χ4v) is 3.68. The van der Waals surface area contributed by atoms with Crippen LogP contribution in [0.5, 0.6) is 0 Å². The van der Waals surface area contributed by atoms with Gasteiger partial charge < -0.3 is 14.6 Å². The molecular formula is C22H30ClNO3. The van der Waals surface area contributed by atoms with Crippen molar-refractivity contribution in [1.82, 2.24) is 4.90 Å². The second-order valence-electron chi connectivity index (χ2n) is 6.77. The number of benzene rings is 2. The van der Waals surface area contributed by atoms with Crippen LogP contribution in [-0.2, 0) is 15.1 Å². The van der Waals surface area contributed by atoms with Crippen molar-refractivity contribution in [3.8, 4) is 0 Å². The topological polar surface area (TPSA) is 41.9 Å². The van der Waals surface area contributed by atoms with E-state index in [1.54, 1.807) is 0 Å². The Kier molecular flexibility index (Phi) is 8.74. The molecule has 1 fully saturated rings. The van der Waals surface area contributed by atoms with Crippen molar-refractivity contribution in [3.05, 3.63) is 71.8 Å². The zero-order valence-electron chi connectivity index (χ0n) is 15.9. The largest absolute Gasteiger partial charge is 0.381 e. The number of morpholine rings is 1. The average molecular weight is 392 g/mol. The standard InChI is InChI=1S/C22H29NO3.ClH/c1-2-25-18-21(17-23-13-15-26-16-14-23)22(24,19-9-5-3-6-10-19)20-11-7-4-8-12-20;/h3-12,21,24H,2,13-18H2,1H3;1H. The Bertz CT molecular complexity index is 608. The number of aliphatic hydroxyl groups is 1. The van der Waals surface area contributed by atoms with Crippen molar-refractivity contribution in [2.45, 2.75) is 12.5 Å². The van der Waals surface area contributed by atoms with Crippen LogP contribution in [0.1, 0.15) is 18.1 Å². The Hall–Kier alpha value is -1.43. The minimum absolute atomic E-state index is 0. The highest BCUT2D eigenvalue weighted by atomic mass is 35.5. The minimum atomic E-state index is -1.10. The Labute approximate surface area is 168 Å². The number of nitrogens with zero attached hydrogens (tertiary/aromatic N) is 1. The third-order valence-electron chi connectivity index (χ3n) is 5.12. The molecular weight excluding hydrogens is 362 g/mol. The van der Waals surface area contributed by atoms with Gasteiger partial charge >= 0.3 is 0 Å². The first kappa shape index (κ1) is 21.9. The van der Waals surface area contributed by atoms with Gasteiger partial charge in [-0.25, -0.2) is 0 Å². The lowest BCUT2D eigenvalue weighted by molar-refractivity contribution is -0.0549. The lowest BCUT2D eigenvalue weighted by Crippen LogP contribution is -2.48. The molecule has 148 valence electrons. The first-order valence-corrected chi connectivity index (χ1v) is 9.46. The highest BCUT2D eigenvalue weighted by molar-refractivity contribution is 5.85. The van der Waals surface area contributed by atoms with Gasteiger partial charge in [0.05, 0.1) is 19.8 Å². The summed E-state index contributed by atoms with van der Waals surface area (Å²) in [5.41, 5.74) is 0.712. The zero-order chi connectivity index (χ0) is 18.2. The number of ether oxygens (including phenoxy) is 2. The van der Waals surface area contributed by atoms with Crippen molar-refractivity contribution in [2.24, 2.45) is 5.92 Å². The third-order valence-corrected chi connectivity index (χ3v) is 5.12. The monoisotopic (exact) mass is 391 g/mol. The van der Waals surface area contributed by atoms with Crippen molar-refractivity contribution < 1.29 is 14.6 Å². The molecule has 0 amide bonds. The SMILES string of the molecule is CCOCC(CN1CCOCC1)C(O)(c1ccccc1)c1ccccc1.Cl. The molecule has 1 aliphatic heterocycles. The van der Waals surface area contributed by atoms with Gasteiger partial charge in [0.15, 0.2) is 0 Å². The summed E-state index contributed by atoms with van der Waals surface area (Å²) in [6.07, 6.45) is 0. The van der Waals surface area contributed by atoms with Gasteiger partial charge in [0.2, 0.25) is 0 Å². The maximum absolute atomic E-state index is 12.0. The Morgan fingerprint density at radius 3 is 2.00 bits per heavy atom. The van der Waals surface area contributed by atoms with Gasteiger partial charge in [0, 0.05) is 32.2 Å². The molecule has 5 heteroatoms. The maximum Gasteiger partial charge on any atom is 0.121 e. The number of hydrogen-bond acceptors (Lipinski definition) is 4. The van der Waals surface area contributed by atoms with Crippen LogP contribution in [0.2, 0.25) is 0 Å². The summed E-state index contributed by atoms with van der Waals surface area (Å²) >= 11 is 0.